The number of urea groups is 2. The van der Waals surface area contributed by atoms with E-state index in [1.54, 1.807) is 35.4 Å². The Labute approximate surface area is 429 Å². The highest BCUT2D eigenvalue weighted by Gasteiger charge is 2.37. The number of nitrogens with zero attached hydrogens (tertiary/aromatic N) is 7. The first-order chi connectivity index (χ1) is 35.7. The second kappa shape index (κ2) is 22.1. The van der Waals surface area contributed by atoms with E-state index < -0.39 is 41.1 Å². The first-order valence-corrected chi connectivity index (χ1v) is 25.6. The Morgan fingerprint density at radius 2 is 1.03 bits per heavy atom. The minimum Gasteiger partial charge on any atom is -0.444 e. The van der Waals surface area contributed by atoms with Crippen LogP contribution in [0.25, 0.3) is 22.1 Å². The first-order valence-electron chi connectivity index (χ1n) is 25.6. The molecule has 0 atom stereocenters. The number of aromatic nitrogens is 6. The molecule has 4 fully saturated rings. The SMILES string of the molecule is CC(C)(C)OC(=O)N1CCC(n2cc(NC(=O)Nc3ccc(C4CCC(F)(F)CC4)nc3)c3cc(F)cnc32)CC1.O=C(Nc1ccc(C2CCC(F)(F)CC2)nc1)Nc1cn(C2CCNCC2)c2ncc(F)cc12. The van der Waals surface area contributed by atoms with Crippen LogP contribution < -0.4 is 26.6 Å². The van der Waals surface area contributed by atoms with Crippen molar-refractivity contribution in [2.75, 3.05) is 47.4 Å². The molecule has 6 aromatic rings. The van der Waals surface area contributed by atoms with Gasteiger partial charge in [0.25, 0.3) is 0 Å². The predicted octanol–water partition coefficient (Wildman–Crippen LogP) is 12.5. The quantitative estimate of drug-likeness (QED) is 0.0925. The van der Waals surface area contributed by atoms with Gasteiger partial charge in [0.15, 0.2) is 0 Å². The highest BCUT2D eigenvalue weighted by molar-refractivity contribution is 6.06. The van der Waals surface area contributed by atoms with E-state index in [2.05, 4.69) is 46.5 Å². The van der Waals surface area contributed by atoms with Gasteiger partial charge in [-0.05, 0) is 122 Å². The molecule has 6 aromatic heterocycles. The summed E-state index contributed by atoms with van der Waals surface area (Å²) in [4.78, 5) is 57.0. The van der Waals surface area contributed by atoms with E-state index in [-0.39, 0.29) is 55.7 Å². The molecular weight excluding hydrogens is 983 g/mol. The van der Waals surface area contributed by atoms with Gasteiger partial charge in [0.05, 0.1) is 47.5 Å². The lowest BCUT2D eigenvalue weighted by Gasteiger charge is -2.34. The van der Waals surface area contributed by atoms with Gasteiger partial charge >= 0.3 is 18.2 Å². The van der Waals surface area contributed by atoms with Crippen LogP contribution in [0.3, 0.4) is 0 Å². The Hall–Kier alpha value is -6.97. The van der Waals surface area contributed by atoms with Crippen molar-refractivity contribution in [2.24, 2.45) is 0 Å². The lowest BCUT2D eigenvalue weighted by molar-refractivity contribution is -0.0390. The van der Waals surface area contributed by atoms with Crippen LogP contribution in [-0.4, -0.2) is 95.8 Å². The Morgan fingerprint density at radius 3 is 1.43 bits per heavy atom. The number of anilines is 4. The summed E-state index contributed by atoms with van der Waals surface area (Å²) >= 11 is 0. The zero-order valence-electron chi connectivity index (χ0n) is 42.1. The summed E-state index contributed by atoms with van der Waals surface area (Å²) in [5, 5.41) is 15.4. The van der Waals surface area contributed by atoms with E-state index in [0.717, 1.165) is 43.5 Å². The smallest absolute Gasteiger partial charge is 0.410 e. The average Bonchev–Trinajstić information content (AvgIpc) is 3.91. The zero-order valence-corrected chi connectivity index (χ0v) is 42.1. The maximum absolute atomic E-state index is 14.2. The van der Waals surface area contributed by atoms with Crippen molar-refractivity contribution in [1.29, 1.82) is 0 Å². The van der Waals surface area contributed by atoms with Crippen molar-refractivity contribution >= 4 is 63.0 Å². The molecule has 5 N–H and O–H groups in total. The number of ether oxygens (including phenoxy) is 1. The number of carbonyl (C=O) groups is 3. The molecule has 2 saturated heterocycles. The van der Waals surface area contributed by atoms with Crippen LogP contribution in [0.2, 0.25) is 0 Å². The van der Waals surface area contributed by atoms with E-state index in [0.29, 0.717) is 96.4 Å². The number of likely N-dealkylation sites (tertiary alicyclic amines) is 1. The summed E-state index contributed by atoms with van der Waals surface area (Å²) in [5.41, 5.74) is 3.87. The maximum Gasteiger partial charge on any atom is 0.410 e. The monoisotopic (exact) mass is 1040 g/mol. The van der Waals surface area contributed by atoms with Crippen molar-refractivity contribution in [3.63, 3.8) is 0 Å². The highest BCUT2D eigenvalue weighted by Crippen LogP contribution is 2.42. The number of alkyl halides is 4. The van der Waals surface area contributed by atoms with E-state index in [9.17, 15) is 40.7 Å². The number of carbonyl (C=O) groups excluding carboxylic acids is 3. The Balaban J connectivity index is 0.000000187. The number of hydrogen-bond acceptors (Lipinski definition) is 9. The second-order valence-electron chi connectivity index (χ2n) is 21.0. The standard InChI is InChI=1S/C29H35F3N6O3.C24H27F3N6O/c1-28(2,3)41-27(40)37-12-8-21(9-13-37)38-17-24(22-14-19(30)15-34-25(22)38)36-26(39)35-20-4-5-23(33-16-20)18-6-10-29(31,32)11-7-18;25-16-11-19-21(14-33(22(19)30-12-16)18-5-9-28-10-6-18)32-23(34)31-17-1-2-20(29-13-17)15-3-7-24(26,27)8-4-15/h4-5,14-18,21H,6-13H2,1-3H3,(H2,35,36,39);1-2,11-15,18,28H,3-10H2,(H2,31,32,34). The highest BCUT2D eigenvalue weighted by atomic mass is 19.3. The molecule has 5 amide bonds. The molecule has 75 heavy (non-hydrogen) atoms. The summed E-state index contributed by atoms with van der Waals surface area (Å²) < 4.78 is 91.3. The molecule has 0 spiro atoms. The topological polar surface area (TPSA) is 185 Å². The fraction of sp³-hybridized carbons (Fsp3) is 0.491. The van der Waals surface area contributed by atoms with Gasteiger partial charge in [0.1, 0.15) is 28.5 Å². The van der Waals surface area contributed by atoms with Gasteiger partial charge in [-0.2, -0.15) is 0 Å². The van der Waals surface area contributed by atoms with Gasteiger partial charge in [-0.3, -0.25) is 9.97 Å². The minimum atomic E-state index is -2.60. The Bertz CT molecular complexity index is 2970. The summed E-state index contributed by atoms with van der Waals surface area (Å²) in [6.45, 7) is 8.25. The lowest BCUT2D eigenvalue weighted by atomic mass is 9.84. The molecule has 0 bridgehead atoms. The molecule has 0 unspecified atom stereocenters. The van der Waals surface area contributed by atoms with Gasteiger partial charge in [-0.1, -0.05) is 0 Å². The molecule has 2 aliphatic carbocycles. The third kappa shape index (κ3) is 13.3. The number of piperidine rings is 2. The number of amides is 5. The average molecular weight is 1050 g/mol. The van der Waals surface area contributed by atoms with Gasteiger partial charge in [0.2, 0.25) is 11.8 Å². The van der Waals surface area contributed by atoms with Crippen LogP contribution in [-0.2, 0) is 4.74 Å². The Morgan fingerprint density at radius 1 is 0.600 bits per heavy atom. The van der Waals surface area contributed by atoms with Crippen molar-refractivity contribution in [1.82, 2.24) is 39.3 Å². The maximum atomic E-state index is 14.2. The fourth-order valence-corrected chi connectivity index (χ4v) is 10.4. The van der Waals surface area contributed by atoms with Crippen molar-refractivity contribution in [2.45, 2.75) is 139 Å². The van der Waals surface area contributed by atoms with E-state index in [1.165, 1.54) is 30.7 Å². The summed E-state index contributed by atoms with van der Waals surface area (Å²) in [5.74, 6) is -6.20. The van der Waals surface area contributed by atoms with E-state index in [4.69, 9.17) is 4.74 Å². The van der Waals surface area contributed by atoms with E-state index >= 15 is 0 Å². The summed E-state index contributed by atoms with van der Waals surface area (Å²) in [7, 11) is 0. The number of pyridine rings is 4. The van der Waals surface area contributed by atoms with Gasteiger partial charge in [-0.25, -0.2) is 50.7 Å². The van der Waals surface area contributed by atoms with Crippen molar-refractivity contribution < 1.29 is 45.5 Å². The van der Waals surface area contributed by atoms with Crippen molar-refractivity contribution in [3.8, 4) is 0 Å². The molecule has 22 heteroatoms. The molecule has 10 rings (SSSR count). The van der Waals surface area contributed by atoms with Crippen LogP contribution in [0.1, 0.15) is 133 Å². The zero-order chi connectivity index (χ0) is 53.1. The van der Waals surface area contributed by atoms with Gasteiger partial charge < -0.3 is 45.4 Å². The summed E-state index contributed by atoms with van der Waals surface area (Å²) in [6.07, 6.45) is 12.7. The molecule has 2 aliphatic heterocycles. The summed E-state index contributed by atoms with van der Waals surface area (Å²) in [6, 6.07) is 8.81. The lowest BCUT2D eigenvalue weighted by Crippen LogP contribution is -2.42. The molecular formula is C53H62F6N12O4. The van der Waals surface area contributed by atoms with Crippen LogP contribution in [0.4, 0.5) is 63.5 Å². The van der Waals surface area contributed by atoms with E-state index in [1.807, 2.05) is 36.1 Å². The molecule has 0 aromatic carbocycles. The largest absolute Gasteiger partial charge is 0.444 e. The minimum absolute atomic E-state index is 0.00557. The normalized spacial score (nSPS) is 18.8. The number of halogens is 6. The predicted molar refractivity (Wildman–Crippen MR) is 273 cm³/mol. The van der Waals surface area contributed by atoms with Gasteiger partial charge in [0, 0.05) is 97.2 Å². The number of hydrogen-bond donors (Lipinski definition) is 5. The third-order valence-corrected chi connectivity index (χ3v) is 14.3. The van der Waals surface area contributed by atoms with Crippen LogP contribution in [0.5, 0.6) is 0 Å². The molecule has 8 heterocycles. The molecule has 2 saturated carbocycles. The first kappa shape index (κ1) is 52.9. The Kier molecular flexibility index (Phi) is 15.6. The second-order valence-corrected chi connectivity index (χ2v) is 21.0. The third-order valence-electron chi connectivity index (χ3n) is 14.3. The van der Waals surface area contributed by atoms with Crippen molar-refractivity contribution in [3.05, 3.63) is 96.6 Å². The number of fused-ring (bicyclic) bond motifs is 2. The molecule has 4 aliphatic rings. The van der Waals surface area contributed by atoms with Crippen LogP contribution in [0, 0.1) is 11.6 Å². The number of rotatable bonds is 8. The molecule has 400 valence electrons. The number of nitrogens with one attached hydrogen (secondary N) is 5. The molecule has 0 radical (unpaired) electrons. The fourth-order valence-electron chi connectivity index (χ4n) is 10.4. The van der Waals surface area contributed by atoms with Crippen LogP contribution in [0.15, 0.2) is 73.6 Å². The molecule has 16 nitrogen and oxygen atoms in total. The van der Waals surface area contributed by atoms with Gasteiger partial charge in [-0.15, -0.1) is 0 Å². The van der Waals surface area contributed by atoms with Crippen LogP contribution >= 0.6 is 0 Å².